The summed E-state index contributed by atoms with van der Waals surface area (Å²) in [6.45, 7) is 1.02. The van der Waals surface area contributed by atoms with Gasteiger partial charge < -0.3 is 9.88 Å². The Morgan fingerprint density at radius 2 is 1.93 bits per heavy atom. The molecule has 0 aliphatic carbocycles. The summed E-state index contributed by atoms with van der Waals surface area (Å²) in [5.74, 6) is -1.60. The number of amides is 1. The molecule has 0 saturated carbocycles. The number of allylic oxidation sites excluding steroid dienone is 2. The first-order valence-corrected chi connectivity index (χ1v) is 9.31. The number of halogens is 4. The first kappa shape index (κ1) is 22.0. The molecule has 0 radical (unpaired) electrons. The molecular formula is C17H14F4N4O3S. The van der Waals surface area contributed by atoms with Crippen LogP contribution >= 0.6 is 0 Å². The van der Waals surface area contributed by atoms with Gasteiger partial charge in [0.05, 0.1) is 5.56 Å². The predicted molar refractivity (Wildman–Crippen MR) is 94.6 cm³/mol. The molecule has 154 valence electrons. The monoisotopic (exact) mass is 430 g/mol. The van der Waals surface area contributed by atoms with Crippen LogP contribution in [-0.2, 0) is 17.1 Å². The molecule has 0 saturated heterocycles. The van der Waals surface area contributed by atoms with E-state index in [1.165, 1.54) is 17.8 Å². The van der Waals surface area contributed by atoms with E-state index in [0.29, 0.717) is 6.08 Å². The second kappa shape index (κ2) is 7.96. The second-order valence-electron chi connectivity index (χ2n) is 5.74. The fourth-order valence-corrected chi connectivity index (χ4v) is 3.48. The third kappa shape index (κ3) is 4.94. The number of carbonyl (C=O) groups is 1. The van der Waals surface area contributed by atoms with Crippen LogP contribution in [0, 0.1) is 17.1 Å². The summed E-state index contributed by atoms with van der Waals surface area (Å²) in [6.07, 6.45) is -3.38. The van der Waals surface area contributed by atoms with E-state index in [2.05, 4.69) is 5.32 Å². The average Bonchev–Trinajstić information content (AvgIpc) is 3.03. The molecule has 0 unspecified atom stereocenters. The van der Waals surface area contributed by atoms with Gasteiger partial charge in [-0.3, -0.25) is 9.52 Å². The number of aryl methyl sites for hydroxylation is 1. The maximum absolute atomic E-state index is 13.3. The van der Waals surface area contributed by atoms with Crippen LogP contribution in [0.5, 0.6) is 0 Å². The van der Waals surface area contributed by atoms with Gasteiger partial charge in [-0.2, -0.15) is 18.4 Å². The minimum atomic E-state index is -4.90. The smallest absolute Gasteiger partial charge is 0.345 e. The normalized spacial score (nSPS) is 12.4. The van der Waals surface area contributed by atoms with E-state index in [4.69, 9.17) is 5.26 Å². The molecule has 0 aliphatic heterocycles. The van der Waals surface area contributed by atoms with Gasteiger partial charge in [-0.15, -0.1) is 0 Å². The van der Waals surface area contributed by atoms with Crippen LogP contribution in [-0.4, -0.2) is 25.1 Å². The number of nitrogens with zero attached hydrogens (tertiary/aromatic N) is 2. The number of rotatable bonds is 5. The molecule has 12 heteroatoms. The van der Waals surface area contributed by atoms with Crippen molar-refractivity contribution in [3.05, 3.63) is 59.3 Å². The van der Waals surface area contributed by atoms with E-state index < -0.39 is 38.5 Å². The molecule has 1 aromatic carbocycles. The largest absolute Gasteiger partial charge is 0.431 e. The topological polar surface area (TPSA) is 104 Å². The number of benzene rings is 1. The minimum Gasteiger partial charge on any atom is -0.345 e. The van der Waals surface area contributed by atoms with Crippen molar-refractivity contribution in [1.29, 1.82) is 5.26 Å². The van der Waals surface area contributed by atoms with Gasteiger partial charge in [0.15, 0.2) is 0 Å². The molecule has 0 atom stereocenters. The number of aromatic nitrogens is 1. The van der Waals surface area contributed by atoms with Crippen LogP contribution in [0.2, 0.25) is 0 Å². The highest BCUT2D eigenvalue weighted by Gasteiger charge is 2.36. The fourth-order valence-electron chi connectivity index (χ4n) is 2.27. The number of anilines is 1. The fraction of sp³-hybridized carbons (Fsp3) is 0.176. The average molecular weight is 430 g/mol. The van der Waals surface area contributed by atoms with Crippen molar-refractivity contribution < 1.29 is 30.8 Å². The van der Waals surface area contributed by atoms with Gasteiger partial charge in [0.2, 0.25) is 0 Å². The van der Waals surface area contributed by atoms with Crippen LogP contribution in [0.4, 0.5) is 23.2 Å². The van der Waals surface area contributed by atoms with Gasteiger partial charge >= 0.3 is 6.18 Å². The molecule has 0 aliphatic rings. The van der Waals surface area contributed by atoms with E-state index >= 15 is 0 Å². The molecular weight excluding hydrogens is 416 g/mol. The number of sulfonamides is 1. The lowest BCUT2D eigenvalue weighted by molar-refractivity contribution is -0.0946. The third-order valence-electron chi connectivity index (χ3n) is 3.71. The Hall–Kier alpha value is -3.33. The van der Waals surface area contributed by atoms with Crippen LogP contribution in [0.1, 0.15) is 23.0 Å². The van der Waals surface area contributed by atoms with Crippen LogP contribution < -0.4 is 10.0 Å². The number of hydrogen-bond donors (Lipinski definition) is 2. The SMILES string of the molecule is C/C=C(/NS(=O)(=O)c1cc(C(=O)Nc2ccc(F)c(C#N)c2)n(C)c1)C(F)(F)F. The summed E-state index contributed by atoms with van der Waals surface area (Å²) in [5.41, 5.74) is -1.90. The van der Waals surface area contributed by atoms with Crippen LogP contribution in [0.3, 0.4) is 0 Å². The van der Waals surface area contributed by atoms with E-state index in [9.17, 15) is 30.8 Å². The Kier molecular flexibility index (Phi) is 6.03. The van der Waals surface area contributed by atoms with Crippen molar-refractivity contribution in [3.8, 4) is 6.07 Å². The Morgan fingerprint density at radius 1 is 1.28 bits per heavy atom. The zero-order chi connectivity index (χ0) is 22.0. The Balaban J connectivity index is 2.30. The van der Waals surface area contributed by atoms with E-state index in [-0.39, 0.29) is 16.9 Å². The number of hydrogen-bond acceptors (Lipinski definition) is 4. The molecule has 0 fully saturated rings. The molecule has 2 rings (SSSR count). The standard InChI is InChI=1S/C17H14F4N4O3S/c1-3-15(17(19,20)21)24-29(27,28)12-7-14(25(2)9-12)16(26)23-11-4-5-13(18)10(6-11)8-22/h3-7,9,24H,1-2H3,(H,23,26)/b15-3+. The summed E-state index contributed by atoms with van der Waals surface area (Å²) in [4.78, 5) is 11.8. The number of carbonyl (C=O) groups excluding carboxylic acids is 1. The summed E-state index contributed by atoms with van der Waals surface area (Å²) in [5, 5.41) is 11.2. The predicted octanol–water partition coefficient (Wildman–Crippen LogP) is 3.03. The molecule has 1 amide bonds. The van der Waals surface area contributed by atoms with Gasteiger partial charge in [0.25, 0.3) is 15.9 Å². The Bertz CT molecular complexity index is 1130. The van der Waals surface area contributed by atoms with Gasteiger partial charge in [0.1, 0.15) is 28.2 Å². The van der Waals surface area contributed by atoms with E-state index in [0.717, 1.165) is 35.9 Å². The van der Waals surface area contributed by atoms with Crippen molar-refractivity contribution in [2.24, 2.45) is 7.05 Å². The zero-order valence-electron chi connectivity index (χ0n) is 15.0. The van der Waals surface area contributed by atoms with Crippen LogP contribution in [0.15, 0.2) is 47.1 Å². The third-order valence-corrected chi connectivity index (χ3v) is 5.04. The summed E-state index contributed by atoms with van der Waals surface area (Å²) < 4.78 is 78.8. The lowest BCUT2D eigenvalue weighted by atomic mass is 10.2. The van der Waals surface area contributed by atoms with Crippen LogP contribution in [0.25, 0.3) is 0 Å². The van der Waals surface area contributed by atoms with E-state index in [1.54, 1.807) is 6.07 Å². The minimum absolute atomic E-state index is 0.0740. The van der Waals surface area contributed by atoms with Crippen molar-refractivity contribution in [3.63, 3.8) is 0 Å². The molecule has 2 aromatic rings. The maximum Gasteiger partial charge on any atom is 0.431 e. The van der Waals surface area contributed by atoms with Crippen molar-refractivity contribution in [2.75, 3.05) is 5.32 Å². The summed E-state index contributed by atoms with van der Waals surface area (Å²) >= 11 is 0. The van der Waals surface area contributed by atoms with Gasteiger partial charge in [0, 0.05) is 18.9 Å². The van der Waals surface area contributed by atoms with Gasteiger partial charge in [-0.05, 0) is 31.2 Å². The Morgan fingerprint density at radius 3 is 2.48 bits per heavy atom. The van der Waals surface area contributed by atoms with Crippen molar-refractivity contribution >= 4 is 21.6 Å². The van der Waals surface area contributed by atoms with E-state index in [1.807, 2.05) is 0 Å². The summed E-state index contributed by atoms with van der Waals surface area (Å²) in [7, 11) is -3.29. The van der Waals surface area contributed by atoms with Crippen molar-refractivity contribution in [2.45, 2.75) is 18.0 Å². The Labute approximate surface area is 163 Å². The molecule has 7 nitrogen and oxygen atoms in total. The first-order chi connectivity index (χ1) is 13.4. The molecule has 29 heavy (non-hydrogen) atoms. The lowest BCUT2D eigenvalue weighted by Gasteiger charge is -2.13. The molecule has 1 heterocycles. The lowest BCUT2D eigenvalue weighted by Crippen LogP contribution is -2.31. The molecule has 1 aromatic heterocycles. The number of nitriles is 1. The van der Waals surface area contributed by atoms with Crippen molar-refractivity contribution in [1.82, 2.24) is 9.29 Å². The quantitative estimate of drug-likeness (QED) is 0.712. The molecule has 0 spiro atoms. The molecule has 0 bridgehead atoms. The zero-order valence-corrected chi connectivity index (χ0v) is 15.8. The maximum atomic E-state index is 13.3. The highest BCUT2D eigenvalue weighted by atomic mass is 32.2. The molecule has 2 N–H and O–H groups in total. The first-order valence-electron chi connectivity index (χ1n) is 7.82. The van der Waals surface area contributed by atoms with Gasteiger partial charge in [-0.25, -0.2) is 12.8 Å². The highest BCUT2D eigenvalue weighted by Crippen LogP contribution is 2.25. The number of alkyl halides is 3. The number of nitrogens with one attached hydrogen (secondary N) is 2. The second-order valence-corrected chi connectivity index (χ2v) is 7.42. The van der Waals surface area contributed by atoms with Gasteiger partial charge in [-0.1, -0.05) is 6.08 Å². The summed E-state index contributed by atoms with van der Waals surface area (Å²) in [6, 6.07) is 5.73. The highest BCUT2D eigenvalue weighted by molar-refractivity contribution is 7.89.